The van der Waals surface area contributed by atoms with Crippen molar-refractivity contribution in [3.05, 3.63) is 36.7 Å². The molecule has 1 aromatic heterocycles. The molecular weight excluding hydrogens is 214 g/mol. The van der Waals surface area contributed by atoms with E-state index >= 15 is 0 Å². The first-order valence-electron chi connectivity index (χ1n) is 5.71. The molecule has 0 aliphatic rings. The summed E-state index contributed by atoms with van der Waals surface area (Å²) in [5.41, 5.74) is 6.54. The first-order valence-corrected chi connectivity index (χ1v) is 5.71. The molecule has 2 rings (SSSR count). The van der Waals surface area contributed by atoms with Crippen molar-refractivity contribution in [2.45, 2.75) is 13.0 Å². The summed E-state index contributed by atoms with van der Waals surface area (Å²) in [4.78, 5) is 4.39. The monoisotopic (exact) mass is 231 g/mol. The van der Waals surface area contributed by atoms with Crippen molar-refractivity contribution in [2.24, 2.45) is 5.73 Å². The molecule has 4 nitrogen and oxygen atoms in total. The van der Waals surface area contributed by atoms with Crippen LogP contribution in [0.25, 0.3) is 11.4 Å². The average Bonchev–Trinajstić information content (AvgIpc) is 2.84. The second-order valence-electron chi connectivity index (χ2n) is 3.79. The van der Waals surface area contributed by atoms with E-state index in [-0.39, 0.29) is 0 Å². The SMILES string of the molecule is COc1ccccc1-c1nccn1CCCN. The number of aryl methyl sites for hydroxylation is 1. The average molecular weight is 231 g/mol. The van der Waals surface area contributed by atoms with Crippen molar-refractivity contribution >= 4 is 0 Å². The van der Waals surface area contributed by atoms with Gasteiger partial charge in [-0.05, 0) is 25.1 Å². The zero-order chi connectivity index (χ0) is 12.1. The Labute approximate surface area is 101 Å². The predicted molar refractivity (Wildman–Crippen MR) is 67.9 cm³/mol. The van der Waals surface area contributed by atoms with E-state index in [2.05, 4.69) is 9.55 Å². The zero-order valence-electron chi connectivity index (χ0n) is 9.97. The molecule has 1 heterocycles. The Bertz CT molecular complexity index is 479. The highest BCUT2D eigenvalue weighted by atomic mass is 16.5. The second-order valence-corrected chi connectivity index (χ2v) is 3.79. The Hall–Kier alpha value is -1.81. The van der Waals surface area contributed by atoms with E-state index in [0.29, 0.717) is 6.54 Å². The Morgan fingerprint density at radius 3 is 2.94 bits per heavy atom. The lowest BCUT2D eigenvalue weighted by molar-refractivity contribution is 0.416. The molecule has 0 unspecified atom stereocenters. The van der Waals surface area contributed by atoms with Crippen LogP contribution in [0.4, 0.5) is 0 Å². The number of para-hydroxylation sites is 1. The number of ether oxygens (including phenoxy) is 1. The van der Waals surface area contributed by atoms with Crippen LogP contribution in [-0.2, 0) is 6.54 Å². The molecule has 17 heavy (non-hydrogen) atoms. The summed E-state index contributed by atoms with van der Waals surface area (Å²) in [6.07, 6.45) is 4.72. The number of rotatable bonds is 5. The van der Waals surface area contributed by atoms with Gasteiger partial charge in [0.05, 0.1) is 12.7 Å². The Morgan fingerprint density at radius 2 is 2.18 bits per heavy atom. The van der Waals surface area contributed by atoms with E-state index in [1.165, 1.54) is 0 Å². The van der Waals surface area contributed by atoms with Crippen LogP contribution in [-0.4, -0.2) is 23.2 Å². The molecule has 2 aromatic rings. The van der Waals surface area contributed by atoms with Gasteiger partial charge in [0.25, 0.3) is 0 Å². The lowest BCUT2D eigenvalue weighted by Gasteiger charge is -2.10. The van der Waals surface area contributed by atoms with Crippen LogP contribution in [0.3, 0.4) is 0 Å². The molecular formula is C13H17N3O. The summed E-state index contributed by atoms with van der Waals surface area (Å²) in [5.74, 6) is 1.77. The molecule has 0 bridgehead atoms. The van der Waals surface area contributed by atoms with E-state index in [9.17, 15) is 0 Å². The summed E-state index contributed by atoms with van der Waals surface area (Å²) in [7, 11) is 1.67. The summed E-state index contributed by atoms with van der Waals surface area (Å²) < 4.78 is 7.45. The van der Waals surface area contributed by atoms with Crippen LogP contribution in [0, 0.1) is 0 Å². The topological polar surface area (TPSA) is 53.1 Å². The van der Waals surface area contributed by atoms with Gasteiger partial charge in [0.15, 0.2) is 0 Å². The molecule has 90 valence electrons. The highest BCUT2D eigenvalue weighted by molar-refractivity contribution is 5.64. The minimum Gasteiger partial charge on any atom is -0.496 e. The van der Waals surface area contributed by atoms with Crippen molar-refractivity contribution in [3.63, 3.8) is 0 Å². The highest BCUT2D eigenvalue weighted by Crippen LogP contribution is 2.28. The number of nitrogens with zero attached hydrogens (tertiary/aromatic N) is 2. The quantitative estimate of drug-likeness (QED) is 0.855. The number of hydrogen-bond donors (Lipinski definition) is 1. The van der Waals surface area contributed by atoms with Gasteiger partial charge >= 0.3 is 0 Å². The maximum atomic E-state index is 5.53. The molecule has 0 radical (unpaired) electrons. The lowest BCUT2D eigenvalue weighted by Crippen LogP contribution is -2.06. The van der Waals surface area contributed by atoms with Gasteiger partial charge in [-0.25, -0.2) is 4.98 Å². The minimum absolute atomic E-state index is 0.684. The van der Waals surface area contributed by atoms with Crippen LogP contribution in [0.1, 0.15) is 6.42 Å². The fourth-order valence-electron chi connectivity index (χ4n) is 1.82. The zero-order valence-corrected chi connectivity index (χ0v) is 9.97. The Morgan fingerprint density at radius 1 is 1.35 bits per heavy atom. The van der Waals surface area contributed by atoms with E-state index in [1.807, 2.05) is 30.5 Å². The van der Waals surface area contributed by atoms with Crippen LogP contribution in [0.15, 0.2) is 36.7 Å². The second kappa shape index (κ2) is 5.50. The van der Waals surface area contributed by atoms with Crippen molar-refractivity contribution in [3.8, 4) is 17.1 Å². The molecule has 0 saturated carbocycles. The van der Waals surface area contributed by atoms with E-state index in [0.717, 1.165) is 30.1 Å². The first kappa shape index (κ1) is 11.7. The number of hydrogen-bond acceptors (Lipinski definition) is 3. The highest BCUT2D eigenvalue weighted by Gasteiger charge is 2.10. The number of aromatic nitrogens is 2. The van der Waals surface area contributed by atoms with Gasteiger partial charge in [-0.2, -0.15) is 0 Å². The van der Waals surface area contributed by atoms with Gasteiger partial charge in [0.1, 0.15) is 11.6 Å². The molecule has 0 aliphatic heterocycles. The summed E-state index contributed by atoms with van der Waals surface area (Å²) in [6.45, 7) is 1.56. The molecule has 0 amide bonds. The largest absolute Gasteiger partial charge is 0.496 e. The molecule has 0 fully saturated rings. The Kier molecular flexibility index (Phi) is 3.77. The third-order valence-corrected chi connectivity index (χ3v) is 2.67. The van der Waals surface area contributed by atoms with Gasteiger partial charge in [-0.1, -0.05) is 12.1 Å². The molecule has 0 saturated heterocycles. The van der Waals surface area contributed by atoms with Crippen LogP contribution in [0.2, 0.25) is 0 Å². The van der Waals surface area contributed by atoms with Gasteiger partial charge in [0.2, 0.25) is 0 Å². The van der Waals surface area contributed by atoms with E-state index in [1.54, 1.807) is 13.3 Å². The fraction of sp³-hybridized carbons (Fsp3) is 0.308. The third-order valence-electron chi connectivity index (χ3n) is 2.67. The molecule has 2 N–H and O–H groups in total. The fourth-order valence-corrected chi connectivity index (χ4v) is 1.82. The summed E-state index contributed by atoms with van der Waals surface area (Å²) >= 11 is 0. The number of methoxy groups -OCH3 is 1. The van der Waals surface area contributed by atoms with E-state index < -0.39 is 0 Å². The van der Waals surface area contributed by atoms with Crippen molar-refractivity contribution in [1.29, 1.82) is 0 Å². The van der Waals surface area contributed by atoms with Gasteiger partial charge in [0, 0.05) is 18.9 Å². The predicted octanol–water partition coefficient (Wildman–Crippen LogP) is 1.91. The number of imidazole rings is 1. The van der Waals surface area contributed by atoms with Gasteiger partial charge in [-0.15, -0.1) is 0 Å². The van der Waals surface area contributed by atoms with Crippen molar-refractivity contribution < 1.29 is 4.74 Å². The summed E-state index contributed by atoms with van der Waals surface area (Å²) in [6, 6.07) is 7.90. The van der Waals surface area contributed by atoms with Crippen LogP contribution >= 0.6 is 0 Å². The smallest absolute Gasteiger partial charge is 0.143 e. The summed E-state index contributed by atoms with van der Waals surface area (Å²) in [5, 5.41) is 0. The number of nitrogens with two attached hydrogens (primary N) is 1. The standard InChI is InChI=1S/C13H17N3O/c1-17-12-6-3-2-5-11(12)13-15-8-10-16(13)9-4-7-14/h2-3,5-6,8,10H,4,7,9,14H2,1H3. The number of benzene rings is 1. The maximum Gasteiger partial charge on any atom is 0.143 e. The lowest BCUT2D eigenvalue weighted by atomic mass is 10.2. The molecule has 1 aromatic carbocycles. The molecule has 0 atom stereocenters. The third kappa shape index (κ3) is 2.47. The van der Waals surface area contributed by atoms with Crippen LogP contribution in [0.5, 0.6) is 5.75 Å². The maximum absolute atomic E-state index is 5.53. The van der Waals surface area contributed by atoms with Gasteiger partial charge < -0.3 is 15.0 Å². The van der Waals surface area contributed by atoms with Crippen molar-refractivity contribution in [1.82, 2.24) is 9.55 Å². The van der Waals surface area contributed by atoms with Gasteiger partial charge in [-0.3, -0.25) is 0 Å². The minimum atomic E-state index is 0.684. The molecule has 4 heteroatoms. The molecule has 0 aliphatic carbocycles. The normalized spacial score (nSPS) is 10.5. The van der Waals surface area contributed by atoms with E-state index in [4.69, 9.17) is 10.5 Å². The first-order chi connectivity index (χ1) is 8.36. The van der Waals surface area contributed by atoms with Crippen molar-refractivity contribution in [2.75, 3.05) is 13.7 Å². The van der Waals surface area contributed by atoms with Crippen LogP contribution < -0.4 is 10.5 Å². The molecule has 0 spiro atoms. The Balaban J connectivity index is 2.35.